The summed E-state index contributed by atoms with van der Waals surface area (Å²) >= 11 is 0. The SMILES string of the molecule is CC(C)n1cc(NC(=O)NCC(O)c2ccc3ccccc3c2)cn1. The predicted molar refractivity (Wildman–Crippen MR) is 98.5 cm³/mol. The van der Waals surface area contributed by atoms with Crippen LogP contribution in [-0.2, 0) is 0 Å². The van der Waals surface area contributed by atoms with Crippen molar-refractivity contribution in [3.05, 3.63) is 60.4 Å². The molecule has 130 valence electrons. The maximum Gasteiger partial charge on any atom is 0.319 e. The van der Waals surface area contributed by atoms with Crippen LogP contribution in [0.5, 0.6) is 0 Å². The molecule has 6 nitrogen and oxygen atoms in total. The molecule has 1 unspecified atom stereocenters. The minimum absolute atomic E-state index is 0.127. The van der Waals surface area contributed by atoms with Crippen LogP contribution in [0.25, 0.3) is 10.8 Å². The van der Waals surface area contributed by atoms with Gasteiger partial charge in [0.25, 0.3) is 0 Å². The van der Waals surface area contributed by atoms with Crippen LogP contribution >= 0.6 is 0 Å². The lowest BCUT2D eigenvalue weighted by molar-refractivity contribution is 0.175. The standard InChI is InChI=1S/C19H22N4O2/c1-13(2)23-12-17(10-21-23)22-19(25)20-11-18(24)16-8-7-14-5-3-4-6-15(14)9-16/h3-10,12-13,18,24H,11H2,1-2H3,(H2,20,22,25). The van der Waals surface area contributed by atoms with Crippen molar-refractivity contribution >= 4 is 22.5 Å². The van der Waals surface area contributed by atoms with Crippen LogP contribution in [0.15, 0.2) is 54.9 Å². The Kier molecular flexibility index (Phi) is 5.00. The van der Waals surface area contributed by atoms with Crippen molar-refractivity contribution in [2.75, 3.05) is 11.9 Å². The van der Waals surface area contributed by atoms with E-state index in [1.54, 1.807) is 17.1 Å². The highest BCUT2D eigenvalue weighted by atomic mass is 16.3. The van der Waals surface area contributed by atoms with Crippen molar-refractivity contribution in [3.63, 3.8) is 0 Å². The summed E-state index contributed by atoms with van der Waals surface area (Å²) in [5, 5.41) is 22.0. The van der Waals surface area contributed by atoms with Gasteiger partial charge in [0.1, 0.15) is 0 Å². The summed E-state index contributed by atoms with van der Waals surface area (Å²) in [4.78, 5) is 12.0. The topological polar surface area (TPSA) is 79.2 Å². The molecule has 25 heavy (non-hydrogen) atoms. The summed E-state index contributed by atoms with van der Waals surface area (Å²) < 4.78 is 1.76. The number of rotatable bonds is 5. The molecule has 0 aliphatic carbocycles. The number of hydrogen-bond donors (Lipinski definition) is 3. The Bertz CT molecular complexity index is 872. The third kappa shape index (κ3) is 4.16. The van der Waals surface area contributed by atoms with E-state index in [0.717, 1.165) is 16.3 Å². The first-order valence-corrected chi connectivity index (χ1v) is 8.28. The number of urea groups is 1. The lowest BCUT2D eigenvalue weighted by atomic mass is 10.0. The molecule has 0 fully saturated rings. The number of aliphatic hydroxyl groups is 1. The molecule has 6 heteroatoms. The lowest BCUT2D eigenvalue weighted by Crippen LogP contribution is -2.32. The van der Waals surface area contributed by atoms with Gasteiger partial charge in [0.15, 0.2) is 0 Å². The minimum Gasteiger partial charge on any atom is -0.387 e. The van der Waals surface area contributed by atoms with E-state index in [1.165, 1.54) is 0 Å². The van der Waals surface area contributed by atoms with Gasteiger partial charge in [-0.05, 0) is 36.2 Å². The summed E-state index contributed by atoms with van der Waals surface area (Å²) in [6, 6.07) is 13.6. The van der Waals surface area contributed by atoms with E-state index in [9.17, 15) is 9.90 Å². The highest BCUT2D eigenvalue weighted by Gasteiger charge is 2.11. The summed E-state index contributed by atoms with van der Waals surface area (Å²) in [5.41, 5.74) is 1.39. The molecule has 0 aliphatic rings. The van der Waals surface area contributed by atoms with Crippen LogP contribution in [0, 0.1) is 0 Å². The summed E-state index contributed by atoms with van der Waals surface area (Å²) in [5.74, 6) is 0. The maximum absolute atomic E-state index is 12.0. The summed E-state index contributed by atoms with van der Waals surface area (Å²) in [7, 11) is 0. The van der Waals surface area contributed by atoms with Crippen molar-refractivity contribution in [3.8, 4) is 0 Å². The molecule has 3 aromatic rings. The van der Waals surface area contributed by atoms with E-state index < -0.39 is 6.10 Å². The zero-order valence-corrected chi connectivity index (χ0v) is 14.3. The number of nitrogens with zero attached hydrogens (tertiary/aromatic N) is 2. The van der Waals surface area contributed by atoms with Gasteiger partial charge >= 0.3 is 6.03 Å². The summed E-state index contributed by atoms with van der Waals surface area (Å²) in [6.45, 7) is 4.15. The Hall–Kier alpha value is -2.86. The Balaban J connectivity index is 1.56. The second-order valence-electron chi connectivity index (χ2n) is 6.26. The number of carbonyl (C=O) groups is 1. The molecule has 0 spiro atoms. The number of fused-ring (bicyclic) bond motifs is 1. The Morgan fingerprint density at radius 2 is 1.96 bits per heavy atom. The van der Waals surface area contributed by atoms with E-state index in [0.29, 0.717) is 5.69 Å². The van der Waals surface area contributed by atoms with Crippen molar-refractivity contribution in [1.82, 2.24) is 15.1 Å². The molecule has 0 aliphatic heterocycles. The number of benzene rings is 2. The zero-order chi connectivity index (χ0) is 17.8. The van der Waals surface area contributed by atoms with Gasteiger partial charge in [-0.1, -0.05) is 36.4 Å². The van der Waals surface area contributed by atoms with E-state index in [4.69, 9.17) is 0 Å². The molecule has 1 heterocycles. The maximum atomic E-state index is 12.0. The Morgan fingerprint density at radius 1 is 1.20 bits per heavy atom. The summed E-state index contributed by atoms with van der Waals surface area (Å²) in [6.07, 6.45) is 2.59. The van der Waals surface area contributed by atoms with Crippen molar-refractivity contribution in [1.29, 1.82) is 0 Å². The molecule has 0 radical (unpaired) electrons. The Morgan fingerprint density at radius 3 is 2.68 bits per heavy atom. The zero-order valence-electron chi connectivity index (χ0n) is 14.3. The minimum atomic E-state index is -0.770. The van der Waals surface area contributed by atoms with Gasteiger partial charge in [0.05, 0.1) is 18.0 Å². The van der Waals surface area contributed by atoms with Crippen molar-refractivity contribution < 1.29 is 9.90 Å². The first kappa shape index (κ1) is 17.0. The monoisotopic (exact) mass is 338 g/mol. The van der Waals surface area contributed by atoms with Crippen LogP contribution in [0.4, 0.5) is 10.5 Å². The van der Waals surface area contributed by atoms with Crippen LogP contribution in [0.3, 0.4) is 0 Å². The molecule has 1 atom stereocenters. The number of amides is 2. The Labute approximate surface area is 146 Å². The number of hydrogen-bond acceptors (Lipinski definition) is 3. The van der Waals surface area contributed by atoms with Gasteiger partial charge < -0.3 is 15.7 Å². The number of aromatic nitrogens is 2. The molecule has 0 saturated heterocycles. The van der Waals surface area contributed by atoms with Crippen LogP contribution < -0.4 is 10.6 Å². The number of aliphatic hydroxyl groups excluding tert-OH is 1. The first-order valence-electron chi connectivity index (χ1n) is 8.28. The van der Waals surface area contributed by atoms with Crippen LogP contribution in [-0.4, -0.2) is 27.5 Å². The normalized spacial score (nSPS) is 12.3. The van der Waals surface area contributed by atoms with Crippen LogP contribution in [0.2, 0.25) is 0 Å². The van der Waals surface area contributed by atoms with E-state index >= 15 is 0 Å². The third-order valence-corrected chi connectivity index (χ3v) is 4.00. The van der Waals surface area contributed by atoms with E-state index in [2.05, 4.69) is 15.7 Å². The van der Waals surface area contributed by atoms with Gasteiger partial charge in [-0.2, -0.15) is 5.10 Å². The third-order valence-electron chi connectivity index (χ3n) is 4.00. The van der Waals surface area contributed by atoms with Crippen molar-refractivity contribution in [2.45, 2.75) is 26.0 Å². The highest BCUT2D eigenvalue weighted by Crippen LogP contribution is 2.20. The lowest BCUT2D eigenvalue weighted by Gasteiger charge is -2.13. The highest BCUT2D eigenvalue weighted by molar-refractivity contribution is 5.89. The van der Waals surface area contributed by atoms with Crippen LogP contribution in [0.1, 0.15) is 31.6 Å². The number of carbonyl (C=O) groups excluding carboxylic acids is 1. The number of anilines is 1. The van der Waals surface area contributed by atoms with Gasteiger partial charge in [0.2, 0.25) is 0 Å². The molecule has 2 aromatic carbocycles. The second kappa shape index (κ2) is 7.36. The van der Waals surface area contributed by atoms with Crippen molar-refractivity contribution in [2.24, 2.45) is 0 Å². The molecule has 0 bridgehead atoms. The molecule has 3 N–H and O–H groups in total. The van der Waals surface area contributed by atoms with Gasteiger partial charge in [0, 0.05) is 18.8 Å². The fraction of sp³-hybridized carbons (Fsp3) is 0.263. The van der Waals surface area contributed by atoms with Gasteiger partial charge in [-0.25, -0.2) is 4.79 Å². The fourth-order valence-corrected chi connectivity index (χ4v) is 2.58. The smallest absolute Gasteiger partial charge is 0.319 e. The first-order chi connectivity index (χ1) is 12.0. The molecule has 1 aromatic heterocycles. The van der Waals surface area contributed by atoms with Gasteiger partial charge in [-0.15, -0.1) is 0 Å². The predicted octanol–water partition coefficient (Wildman–Crippen LogP) is 3.47. The number of nitrogens with one attached hydrogen (secondary N) is 2. The molecule has 3 rings (SSSR count). The largest absolute Gasteiger partial charge is 0.387 e. The molecular weight excluding hydrogens is 316 g/mol. The average Bonchev–Trinajstić information content (AvgIpc) is 3.08. The molecule has 0 saturated carbocycles. The fourth-order valence-electron chi connectivity index (χ4n) is 2.58. The average molecular weight is 338 g/mol. The molecular formula is C19H22N4O2. The second-order valence-corrected chi connectivity index (χ2v) is 6.26. The van der Waals surface area contributed by atoms with E-state index in [-0.39, 0.29) is 18.6 Å². The van der Waals surface area contributed by atoms with Gasteiger partial charge in [-0.3, -0.25) is 4.68 Å². The van der Waals surface area contributed by atoms with E-state index in [1.807, 2.05) is 56.3 Å². The molecule has 2 amide bonds. The quantitative estimate of drug-likeness (QED) is 0.666.